The molecule has 2 aromatic carbocycles. The molecule has 1 unspecified atom stereocenters. The van der Waals surface area contributed by atoms with Gasteiger partial charge in [0, 0.05) is 11.7 Å². The SMILES string of the molecule is Cc1ccccc1C(C(=O)NC1CCCCC1)N(C(=O)CNc1cccc(F)n1)c1cccc(F)c1. The lowest BCUT2D eigenvalue weighted by molar-refractivity contribution is -0.126. The van der Waals surface area contributed by atoms with Gasteiger partial charge in [-0.15, -0.1) is 0 Å². The van der Waals surface area contributed by atoms with Crippen molar-refractivity contribution in [1.82, 2.24) is 10.3 Å². The van der Waals surface area contributed by atoms with Crippen LogP contribution >= 0.6 is 0 Å². The van der Waals surface area contributed by atoms with Crippen LogP contribution in [0.2, 0.25) is 0 Å². The van der Waals surface area contributed by atoms with Crippen molar-refractivity contribution in [3.63, 3.8) is 0 Å². The molecule has 1 fully saturated rings. The van der Waals surface area contributed by atoms with E-state index in [0.717, 1.165) is 37.7 Å². The highest BCUT2D eigenvalue weighted by atomic mass is 19.1. The number of carbonyl (C=O) groups excluding carboxylic acids is 2. The van der Waals surface area contributed by atoms with E-state index in [2.05, 4.69) is 15.6 Å². The van der Waals surface area contributed by atoms with Gasteiger partial charge in [0.1, 0.15) is 17.7 Å². The topological polar surface area (TPSA) is 74.3 Å². The van der Waals surface area contributed by atoms with E-state index in [-0.39, 0.29) is 30.0 Å². The number of halogens is 2. The molecule has 0 spiro atoms. The van der Waals surface area contributed by atoms with Crippen molar-refractivity contribution in [3.8, 4) is 0 Å². The molecular weight excluding hydrogens is 462 g/mol. The fourth-order valence-corrected chi connectivity index (χ4v) is 4.64. The highest BCUT2D eigenvalue weighted by Gasteiger charge is 2.35. The second-order valence-corrected chi connectivity index (χ2v) is 9.05. The molecule has 0 saturated heterocycles. The molecule has 1 aliphatic carbocycles. The zero-order chi connectivity index (χ0) is 25.5. The van der Waals surface area contributed by atoms with E-state index in [1.165, 1.54) is 41.3 Å². The number of benzene rings is 2. The summed E-state index contributed by atoms with van der Waals surface area (Å²) in [4.78, 5) is 32.5. The number of carbonyl (C=O) groups is 2. The predicted molar refractivity (Wildman–Crippen MR) is 136 cm³/mol. The number of hydrogen-bond donors (Lipinski definition) is 2. The normalized spacial score (nSPS) is 14.6. The van der Waals surface area contributed by atoms with Crippen molar-refractivity contribution in [2.24, 2.45) is 0 Å². The summed E-state index contributed by atoms with van der Waals surface area (Å²) < 4.78 is 27.8. The summed E-state index contributed by atoms with van der Waals surface area (Å²) in [6.07, 6.45) is 4.98. The van der Waals surface area contributed by atoms with E-state index >= 15 is 0 Å². The van der Waals surface area contributed by atoms with Crippen LogP contribution in [0.4, 0.5) is 20.3 Å². The van der Waals surface area contributed by atoms with Crippen molar-refractivity contribution >= 4 is 23.3 Å². The number of nitrogens with zero attached hydrogens (tertiary/aromatic N) is 2. The van der Waals surface area contributed by atoms with Crippen LogP contribution in [0.3, 0.4) is 0 Å². The monoisotopic (exact) mass is 492 g/mol. The van der Waals surface area contributed by atoms with Crippen molar-refractivity contribution in [2.75, 3.05) is 16.8 Å². The minimum atomic E-state index is -1.02. The Kier molecular flexibility index (Phi) is 8.25. The lowest BCUT2D eigenvalue weighted by atomic mass is 9.93. The van der Waals surface area contributed by atoms with Crippen LogP contribution in [-0.4, -0.2) is 29.4 Å². The van der Waals surface area contributed by atoms with Crippen molar-refractivity contribution in [3.05, 3.63) is 89.6 Å². The molecule has 1 heterocycles. The Balaban J connectivity index is 1.71. The lowest BCUT2D eigenvalue weighted by Crippen LogP contribution is -2.49. The fraction of sp³-hybridized carbons (Fsp3) is 0.321. The van der Waals surface area contributed by atoms with Crippen molar-refractivity contribution in [2.45, 2.75) is 51.1 Å². The van der Waals surface area contributed by atoms with Crippen LogP contribution in [0.5, 0.6) is 0 Å². The van der Waals surface area contributed by atoms with Crippen LogP contribution in [0.1, 0.15) is 49.3 Å². The van der Waals surface area contributed by atoms with Crippen LogP contribution in [0.25, 0.3) is 0 Å². The minimum Gasteiger partial charge on any atom is -0.361 e. The first-order chi connectivity index (χ1) is 17.4. The summed E-state index contributed by atoms with van der Waals surface area (Å²) in [5.41, 5.74) is 1.73. The Morgan fingerprint density at radius 3 is 2.47 bits per heavy atom. The second-order valence-electron chi connectivity index (χ2n) is 9.05. The van der Waals surface area contributed by atoms with Gasteiger partial charge in [-0.25, -0.2) is 9.37 Å². The molecule has 1 aliphatic rings. The number of aromatic nitrogens is 1. The lowest BCUT2D eigenvalue weighted by Gasteiger charge is -2.34. The number of nitrogens with one attached hydrogen (secondary N) is 2. The summed E-state index contributed by atoms with van der Waals surface area (Å²) in [6.45, 7) is 1.60. The number of aryl methyl sites for hydroxylation is 1. The predicted octanol–water partition coefficient (Wildman–Crippen LogP) is 5.30. The Morgan fingerprint density at radius 1 is 1.00 bits per heavy atom. The number of hydrogen-bond acceptors (Lipinski definition) is 4. The molecule has 36 heavy (non-hydrogen) atoms. The van der Waals surface area contributed by atoms with E-state index in [0.29, 0.717) is 5.56 Å². The molecule has 8 heteroatoms. The summed E-state index contributed by atoms with van der Waals surface area (Å²) in [5.74, 6) is -1.83. The van der Waals surface area contributed by atoms with Crippen molar-refractivity contribution in [1.29, 1.82) is 0 Å². The molecule has 0 aliphatic heterocycles. The number of amides is 2. The maximum absolute atomic E-state index is 14.3. The first kappa shape index (κ1) is 25.3. The van der Waals surface area contributed by atoms with Gasteiger partial charge in [0.05, 0.1) is 6.54 Å². The molecule has 0 bridgehead atoms. The average Bonchev–Trinajstić information content (AvgIpc) is 2.87. The zero-order valence-corrected chi connectivity index (χ0v) is 20.2. The van der Waals surface area contributed by atoms with E-state index < -0.39 is 23.7 Å². The third kappa shape index (κ3) is 6.24. The van der Waals surface area contributed by atoms with Gasteiger partial charge in [-0.05, 0) is 61.2 Å². The molecule has 6 nitrogen and oxygen atoms in total. The van der Waals surface area contributed by atoms with Gasteiger partial charge in [-0.3, -0.25) is 14.5 Å². The van der Waals surface area contributed by atoms with E-state index in [1.54, 1.807) is 6.07 Å². The minimum absolute atomic E-state index is 0.0249. The highest BCUT2D eigenvalue weighted by molar-refractivity contribution is 6.03. The van der Waals surface area contributed by atoms with E-state index in [4.69, 9.17) is 0 Å². The summed E-state index contributed by atoms with van der Waals surface area (Å²) in [6, 6.07) is 16.2. The van der Waals surface area contributed by atoms with Gasteiger partial charge >= 0.3 is 0 Å². The van der Waals surface area contributed by atoms with Crippen LogP contribution in [0, 0.1) is 18.7 Å². The standard InChI is InChI=1S/C28H30F2N4O2/c1-19-9-5-6-14-23(19)27(28(36)32-21-11-3-2-4-12-21)34(22-13-7-10-20(29)17-22)26(35)18-31-25-16-8-15-24(30)33-25/h5-10,13-17,21,27H,2-4,11-12,18H2,1H3,(H,31,33)(H,32,36). The smallest absolute Gasteiger partial charge is 0.248 e. The van der Waals surface area contributed by atoms with Gasteiger partial charge in [0.15, 0.2) is 0 Å². The third-order valence-corrected chi connectivity index (χ3v) is 6.43. The molecule has 1 atom stereocenters. The zero-order valence-electron chi connectivity index (χ0n) is 20.2. The molecule has 188 valence electrons. The van der Waals surface area contributed by atoms with Crippen molar-refractivity contribution < 1.29 is 18.4 Å². The number of anilines is 2. The van der Waals surface area contributed by atoms with Gasteiger partial charge in [0.2, 0.25) is 17.8 Å². The fourth-order valence-electron chi connectivity index (χ4n) is 4.64. The second kappa shape index (κ2) is 11.7. The molecule has 0 radical (unpaired) electrons. The van der Waals surface area contributed by atoms with Gasteiger partial charge in [-0.1, -0.05) is 55.7 Å². The van der Waals surface area contributed by atoms with Crippen LogP contribution in [-0.2, 0) is 9.59 Å². The molecule has 2 N–H and O–H groups in total. The maximum atomic E-state index is 14.3. The first-order valence-corrected chi connectivity index (χ1v) is 12.2. The van der Waals surface area contributed by atoms with Gasteiger partial charge in [-0.2, -0.15) is 4.39 Å². The Morgan fingerprint density at radius 2 is 1.75 bits per heavy atom. The molecule has 3 aromatic rings. The summed E-state index contributed by atoms with van der Waals surface area (Å²) >= 11 is 0. The molecule has 1 saturated carbocycles. The first-order valence-electron chi connectivity index (χ1n) is 12.2. The van der Waals surface area contributed by atoms with E-state index in [1.807, 2.05) is 31.2 Å². The molecule has 2 amide bonds. The molecule has 4 rings (SSSR count). The largest absolute Gasteiger partial charge is 0.361 e. The Labute approximate surface area is 209 Å². The summed E-state index contributed by atoms with van der Waals surface area (Å²) in [5, 5.41) is 5.96. The van der Waals surface area contributed by atoms with Gasteiger partial charge in [0.25, 0.3) is 0 Å². The molecular formula is C28H30F2N4O2. The third-order valence-electron chi connectivity index (χ3n) is 6.43. The van der Waals surface area contributed by atoms with Gasteiger partial charge < -0.3 is 10.6 Å². The summed E-state index contributed by atoms with van der Waals surface area (Å²) in [7, 11) is 0. The maximum Gasteiger partial charge on any atom is 0.248 e. The number of pyridine rings is 1. The van der Waals surface area contributed by atoms with Crippen LogP contribution < -0.4 is 15.5 Å². The van der Waals surface area contributed by atoms with E-state index in [9.17, 15) is 18.4 Å². The Hall–Kier alpha value is -3.81. The highest BCUT2D eigenvalue weighted by Crippen LogP contribution is 2.31. The number of rotatable bonds is 8. The molecule has 1 aromatic heterocycles. The Bertz CT molecular complexity index is 1210. The average molecular weight is 493 g/mol. The quantitative estimate of drug-likeness (QED) is 0.419. The van der Waals surface area contributed by atoms with Crippen LogP contribution in [0.15, 0.2) is 66.7 Å².